The first kappa shape index (κ1) is 13.3. The maximum absolute atomic E-state index is 5.75. The minimum atomic E-state index is 0.822. The van der Waals surface area contributed by atoms with Crippen molar-refractivity contribution in [2.45, 2.75) is 32.6 Å². The summed E-state index contributed by atoms with van der Waals surface area (Å²) in [5, 5.41) is 0. The fourth-order valence-electron chi connectivity index (χ4n) is 3.30. The van der Waals surface area contributed by atoms with Gasteiger partial charge < -0.3 is 15.5 Å². The fraction of sp³-hybridized carbons (Fsp3) is 1.00. The van der Waals surface area contributed by atoms with Crippen molar-refractivity contribution in [2.24, 2.45) is 17.6 Å². The van der Waals surface area contributed by atoms with E-state index in [9.17, 15) is 0 Å². The molecule has 0 atom stereocenters. The zero-order valence-corrected chi connectivity index (χ0v) is 11.4. The Hall–Kier alpha value is -0.120. The molecule has 0 aromatic carbocycles. The van der Waals surface area contributed by atoms with Gasteiger partial charge in [-0.15, -0.1) is 0 Å². The van der Waals surface area contributed by atoms with Crippen molar-refractivity contribution in [3.05, 3.63) is 0 Å². The van der Waals surface area contributed by atoms with Crippen LogP contribution in [-0.4, -0.2) is 55.6 Å². The van der Waals surface area contributed by atoms with Crippen molar-refractivity contribution >= 4 is 0 Å². The molecule has 0 aromatic heterocycles. The molecule has 0 aromatic rings. The third-order valence-corrected chi connectivity index (χ3v) is 4.73. The Bertz CT molecular complexity index is 182. The van der Waals surface area contributed by atoms with Gasteiger partial charge in [-0.3, -0.25) is 0 Å². The van der Waals surface area contributed by atoms with Crippen LogP contribution in [0.4, 0.5) is 0 Å². The molecule has 3 heteroatoms. The molecule has 1 heterocycles. The molecule has 0 spiro atoms. The molecule has 3 nitrogen and oxygen atoms in total. The normalized spacial score (nSPS) is 32.8. The van der Waals surface area contributed by atoms with Crippen molar-refractivity contribution in [2.75, 3.05) is 45.8 Å². The molecule has 1 saturated heterocycles. The molecule has 0 bridgehead atoms. The number of nitrogens with zero attached hydrogens (tertiary/aromatic N) is 2. The summed E-state index contributed by atoms with van der Waals surface area (Å²) in [6.45, 7) is 10.8. The number of piperazine rings is 1. The van der Waals surface area contributed by atoms with Crippen LogP contribution >= 0.6 is 0 Å². The third kappa shape index (κ3) is 3.94. The Labute approximate surface area is 106 Å². The largest absolute Gasteiger partial charge is 0.330 e. The van der Waals surface area contributed by atoms with E-state index in [-0.39, 0.29) is 0 Å². The second kappa shape index (κ2) is 6.72. The van der Waals surface area contributed by atoms with E-state index < -0.39 is 0 Å². The van der Waals surface area contributed by atoms with Crippen LogP contribution in [0.1, 0.15) is 32.6 Å². The summed E-state index contributed by atoms with van der Waals surface area (Å²) in [7, 11) is 0. The zero-order chi connectivity index (χ0) is 12.1. The topological polar surface area (TPSA) is 32.5 Å². The van der Waals surface area contributed by atoms with E-state index in [1.165, 1.54) is 65.0 Å². The number of hydrogen-bond acceptors (Lipinski definition) is 3. The Morgan fingerprint density at radius 3 is 1.94 bits per heavy atom. The predicted octanol–water partition coefficient (Wildman–Crippen LogP) is 1.39. The molecule has 1 saturated carbocycles. The summed E-state index contributed by atoms with van der Waals surface area (Å²) in [5.74, 6) is 1.77. The van der Waals surface area contributed by atoms with E-state index in [1.807, 2.05) is 0 Å². The van der Waals surface area contributed by atoms with Crippen molar-refractivity contribution in [1.82, 2.24) is 9.80 Å². The van der Waals surface area contributed by atoms with Crippen molar-refractivity contribution in [3.8, 4) is 0 Å². The van der Waals surface area contributed by atoms with Crippen molar-refractivity contribution < 1.29 is 0 Å². The van der Waals surface area contributed by atoms with E-state index in [2.05, 4.69) is 16.7 Å². The van der Waals surface area contributed by atoms with E-state index >= 15 is 0 Å². The maximum atomic E-state index is 5.75. The first-order valence-electron chi connectivity index (χ1n) is 7.46. The highest BCUT2D eigenvalue weighted by Crippen LogP contribution is 2.28. The number of nitrogens with two attached hydrogens (primary N) is 1. The molecule has 0 amide bonds. The van der Waals surface area contributed by atoms with Gasteiger partial charge >= 0.3 is 0 Å². The second-order valence-corrected chi connectivity index (χ2v) is 5.86. The zero-order valence-electron chi connectivity index (χ0n) is 11.4. The lowest BCUT2D eigenvalue weighted by molar-refractivity contribution is 0.108. The molecule has 2 N–H and O–H groups in total. The highest BCUT2D eigenvalue weighted by Gasteiger charge is 2.23. The molecule has 2 fully saturated rings. The molecule has 1 aliphatic heterocycles. The summed E-state index contributed by atoms with van der Waals surface area (Å²) < 4.78 is 0. The van der Waals surface area contributed by atoms with E-state index in [1.54, 1.807) is 0 Å². The van der Waals surface area contributed by atoms with Crippen LogP contribution < -0.4 is 5.73 Å². The van der Waals surface area contributed by atoms with Crippen LogP contribution in [0, 0.1) is 11.8 Å². The smallest absolute Gasteiger partial charge is 0.0110 e. The van der Waals surface area contributed by atoms with E-state index in [0.717, 1.165) is 18.4 Å². The van der Waals surface area contributed by atoms with Crippen molar-refractivity contribution in [3.63, 3.8) is 0 Å². The molecule has 0 unspecified atom stereocenters. The SMILES string of the molecule is CCN1CCN(CC2CCC(CN)CC2)CC1. The Kier molecular flexibility index (Phi) is 5.26. The van der Waals surface area contributed by atoms with Crippen molar-refractivity contribution in [1.29, 1.82) is 0 Å². The van der Waals surface area contributed by atoms with Crippen LogP contribution in [0.2, 0.25) is 0 Å². The molecule has 0 radical (unpaired) electrons. The molecular weight excluding hydrogens is 210 g/mol. The third-order valence-electron chi connectivity index (χ3n) is 4.73. The highest BCUT2D eigenvalue weighted by atomic mass is 15.3. The maximum Gasteiger partial charge on any atom is 0.0110 e. The Balaban J connectivity index is 1.65. The summed E-state index contributed by atoms with van der Waals surface area (Å²) >= 11 is 0. The highest BCUT2D eigenvalue weighted by molar-refractivity contribution is 4.78. The van der Waals surface area contributed by atoms with Crippen LogP contribution in [0.3, 0.4) is 0 Å². The summed E-state index contributed by atoms with van der Waals surface area (Å²) in [6, 6.07) is 0. The van der Waals surface area contributed by atoms with E-state index in [0.29, 0.717) is 0 Å². The van der Waals surface area contributed by atoms with Gasteiger partial charge in [-0.1, -0.05) is 6.92 Å². The van der Waals surface area contributed by atoms with Crippen LogP contribution in [0.25, 0.3) is 0 Å². The van der Waals surface area contributed by atoms with Gasteiger partial charge in [0, 0.05) is 32.7 Å². The molecule has 1 aliphatic carbocycles. The van der Waals surface area contributed by atoms with Gasteiger partial charge in [0.1, 0.15) is 0 Å². The lowest BCUT2D eigenvalue weighted by Gasteiger charge is -2.37. The summed E-state index contributed by atoms with van der Waals surface area (Å²) in [4.78, 5) is 5.24. The van der Waals surface area contributed by atoms with Crippen LogP contribution in [-0.2, 0) is 0 Å². The van der Waals surface area contributed by atoms with Gasteiger partial charge in [0.15, 0.2) is 0 Å². The average molecular weight is 239 g/mol. The van der Waals surface area contributed by atoms with Gasteiger partial charge in [-0.2, -0.15) is 0 Å². The molecular formula is C14H29N3. The first-order valence-corrected chi connectivity index (χ1v) is 7.46. The van der Waals surface area contributed by atoms with Crippen LogP contribution in [0.15, 0.2) is 0 Å². The number of hydrogen-bond donors (Lipinski definition) is 1. The standard InChI is InChI=1S/C14H29N3/c1-2-16-7-9-17(10-8-16)12-14-5-3-13(11-15)4-6-14/h13-14H,2-12,15H2,1H3. The Morgan fingerprint density at radius 1 is 0.882 bits per heavy atom. The lowest BCUT2D eigenvalue weighted by Crippen LogP contribution is -2.47. The average Bonchev–Trinajstić information content (AvgIpc) is 2.40. The van der Waals surface area contributed by atoms with Gasteiger partial charge in [0.25, 0.3) is 0 Å². The molecule has 17 heavy (non-hydrogen) atoms. The summed E-state index contributed by atoms with van der Waals surface area (Å²) in [5.41, 5.74) is 5.75. The fourth-order valence-corrected chi connectivity index (χ4v) is 3.30. The minimum absolute atomic E-state index is 0.822. The lowest BCUT2D eigenvalue weighted by atomic mass is 9.82. The number of rotatable bonds is 4. The monoisotopic (exact) mass is 239 g/mol. The summed E-state index contributed by atoms with van der Waals surface area (Å²) in [6.07, 6.45) is 5.57. The van der Waals surface area contributed by atoms with E-state index in [4.69, 9.17) is 5.73 Å². The van der Waals surface area contributed by atoms with Gasteiger partial charge in [-0.05, 0) is 50.6 Å². The molecule has 100 valence electrons. The first-order chi connectivity index (χ1) is 8.31. The Morgan fingerprint density at radius 2 is 1.41 bits per heavy atom. The quantitative estimate of drug-likeness (QED) is 0.805. The van der Waals surface area contributed by atoms with Gasteiger partial charge in [0.2, 0.25) is 0 Å². The number of likely N-dealkylation sites (N-methyl/N-ethyl adjacent to an activating group) is 1. The van der Waals surface area contributed by atoms with Gasteiger partial charge in [0.05, 0.1) is 0 Å². The molecule has 2 rings (SSSR count). The van der Waals surface area contributed by atoms with Gasteiger partial charge in [-0.25, -0.2) is 0 Å². The second-order valence-electron chi connectivity index (χ2n) is 5.86. The van der Waals surface area contributed by atoms with Crippen LogP contribution in [0.5, 0.6) is 0 Å². The minimum Gasteiger partial charge on any atom is -0.330 e. The predicted molar refractivity (Wildman–Crippen MR) is 73.1 cm³/mol. The molecule has 2 aliphatic rings.